The Balaban J connectivity index is 1.58. The Hall–Kier alpha value is -3.15. The van der Waals surface area contributed by atoms with Gasteiger partial charge < -0.3 is 15.7 Å². The average Bonchev–Trinajstić information content (AvgIpc) is 2.69. The zero-order valence-electron chi connectivity index (χ0n) is 14.9. The second-order valence-electron chi connectivity index (χ2n) is 6.72. The molecule has 27 heavy (non-hydrogen) atoms. The highest BCUT2D eigenvalue weighted by Crippen LogP contribution is 2.18. The Bertz CT molecular complexity index is 822. The summed E-state index contributed by atoms with van der Waals surface area (Å²) < 4.78 is 0. The molecule has 1 saturated carbocycles. The summed E-state index contributed by atoms with van der Waals surface area (Å²) in [5.74, 6) is -1.47. The molecule has 1 fully saturated rings. The van der Waals surface area contributed by atoms with Crippen molar-refractivity contribution < 1.29 is 19.5 Å². The van der Waals surface area contributed by atoms with Crippen molar-refractivity contribution in [3.05, 3.63) is 65.2 Å². The fraction of sp³-hybridized carbons (Fsp3) is 0.286. The maximum atomic E-state index is 12.3. The number of carbonyl (C=O) groups excluding carboxylic acids is 2. The Labute approximate surface area is 157 Å². The minimum atomic E-state index is -1.04. The fourth-order valence-electron chi connectivity index (χ4n) is 3.19. The normalized spacial score (nSPS) is 14.4. The number of aromatic carboxylic acids is 1. The molecule has 0 saturated heterocycles. The van der Waals surface area contributed by atoms with E-state index in [2.05, 4.69) is 10.6 Å². The maximum absolute atomic E-state index is 12.3. The monoisotopic (exact) mass is 366 g/mol. The van der Waals surface area contributed by atoms with Crippen LogP contribution in [0.5, 0.6) is 0 Å². The Kier molecular flexibility index (Phi) is 5.86. The second kappa shape index (κ2) is 8.49. The van der Waals surface area contributed by atoms with Crippen LogP contribution < -0.4 is 10.6 Å². The molecule has 0 aliphatic heterocycles. The van der Waals surface area contributed by atoms with E-state index >= 15 is 0 Å². The van der Waals surface area contributed by atoms with Crippen LogP contribution in [0.3, 0.4) is 0 Å². The lowest BCUT2D eigenvalue weighted by atomic mass is 9.95. The quantitative estimate of drug-likeness (QED) is 0.752. The van der Waals surface area contributed by atoms with E-state index in [1.165, 1.54) is 30.7 Å². The van der Waals surface area contributed by atoms with Crippen LogP contribution in [0.4, 0.5) is 5.69 Å². The van der Waals surface area contributed by atoms with E-state index in [0.29, 0.717) is 16.8 Å². The number of carboxylic acid groups (broad SMARTS) is 1. The van der Waals surface area contributed by atoms with Crippen molar-refractivity contribution in [1.82, 2.24) is 5.32 Å². The van der Waals surface area contributed by atoms with Gasteiger partial charge in [0.05, 0.1) is 5.56 Å². The number of nitrogens with one attached hydrogen (secondary N) is 2. The van der Waals surface area contributed by atoms with Gasteiger partial charge >= 0.3 is 5.97 Å². The Morgan fingerprint density at radius 1 is 0.741 bits per heavy atom. The minimum absolute atomic E-state index is 0.0935. The van der Waals surface area contributed by atoms with E-state index in [1.807, 2.05) is 0 Å². The van der Waals surface area contributed by atoms with Crippen molar-refractivity contribution in [2.75, 3.05) is 5.32 Å². The van der Waals surface area contributed by atoms with Crippen LogP contribution in [-0.4, -0.2) is 28.9 Å². The minimum Gasteiger partial charge on any atom is -0.478 e. The topological polar surface area (TPSA) is 95.5 Å². The number of hydrogen-bond acceptors (Lipinski definition) is 3. The number of carbonyl (C=O) groups is 3. The first-order valence-corrected chi connectivity index (χ1v) is 9.08. The number of carboxylic acids is 1. The lowest BCUT2D eigenvalue weighted by molar-refractivity contribution is 0.0696. The molecule has 2 amide bonds. The molecule has 6 heteroatoms. The third-order valence-corrected chi connectivity index (χ3v) is 4.74. The first-order chi connectivity index (χ1) is 13.0. The van der Waals surface area contributed by atoms with Gasteiger partial charge in [-0.15, -0.1) is 0 Å². The molecule has 0 aromatic heterocycles. The van der Waals surface area contributed by atoms with E-state index < -0.39 is 5.97 Å². The molecular weight excluding hydrogens is 344 g/mol. The summed E-state index contributed by atoms with van der Waals surface area (Å²) in [5.41, 5.74) is 1.61. The number of amides is 2. The lowest BCUT2D eigenvalue weighted by Crippen LogP contribution is -2.36. The molecule has 0 spiro atoms. The van der Waals surface area contributed by atoms with Gasteiger partial charge in [0.15, 0.2) is 0 Å². The third-order valence-electron chi connectivity index (χ3n) is 4.74. The van der Waals surface area contributed by atoms with Gasteiger partial charge in [-0.3, -0.25) is 9.59 Å². The summed E-state index contributed by atoms with van der Waals surface area (Å²) in [4.78, 5) is 35.4. The number of rotatable bonds is 5. The molecule has 2 aromatic rings. The van der Waals surface area contributed by atoms with Crippen LogP contribution in [0.2, 0.25) is 0 Å². The molecule has 0 atom stereocenters. The van der Waals surface area contributed by atoms with Crippen LogP contribution in [0, 0.1) is 0 Å². The SMILES string of the molecule is O=C(O)c1ccc(C(=O)Nc2ccc(C(=O)NC3CCCCC3)cc2)cc1. The largest absolute Gasteiger partial charge is 0.478 e. The van der Waals surface area contributed by atoms with E-state index in [1.54, 1.807) is 24.3 Å². The number of hydrogen-bond donors (Lipinski definition) is 3. The molecular formula is C21H22N2O4. The van der Waals surface area contributed by atoms with Gasteiger partial charge in [0.1, 0.15) is 0 Å². The summed E-state index contributed by atoms with van der Waals surface area (Å²) in [6.07, 6.45) is 5.60. The van der Waals surface area contributed by atoms with Crippen LogP contribution in [0.1, 0.15) is 63.2 Å². The molecule has 6 nitrogen and oxygen atoms in total. The predicted molar refractivity (Wildman–Crippen MR) is 102 cm³/mol. The Morgan fingerprint density at radius 2 is 1.26 bits per heavy atom. The van der Waals surface area contributed by atoms with Crippen molar-refractivity contribution in [2.45, 2.75) is 38.1 Å². The van der Waals surface area contributed by atoms with Crippen molar-refractivity contribution in [3.63, 3.8) is 0 Å². The van der Waals surface area contributed by atoms with E-state index in [4.69, 9.17) is 5.11 Å². The van der Waals surface area contributed by atoms with E-state index in [9.17, 15) is 14.4 Å². The molecule has 0 radical (unpaired) electrons. The summed E-state index contributed by atoms with van der Waals surface area (Å²) in [7, 11) is 0. The standard InChI is InChI=1S/C21H22N2O4/c24-19(14-6-8-16(9-7-14)21(26)27)23-18-12-10-15(11-13-18)20(25)22-17-4-2-1-3-5-17/h6-13,17H,1-5H2,(H,22,25)(H,23,24)(H,26,27). The van der Waals surface area contributed by atoms with Gasteiger partial charge in [-0.1, -0.05) is 19.3 Å². The summed E-state index contributed by atoms with van der Waals surface area (Å²) in [6, 6.07) is 12.7. The smallest absolute Gasteiger partial charge is 0.335 e. The molecule has 3 rings (SSSR count). The highest BCUT2D eigenvalue weighted by molar-refractivity contribution is 6.05. The number of anilines is 1. The molecule has 0 heterocycles. The fourth-order valence-corrected chi connectivity index (χ4v) is 3.19. The predicted octanol–water partition coefficient (Wildman–Crippen LogP) is 3.70. The van der Waals surface area contributed by atoms with Gasteiger partial charge in [-0.2, -0.15) is 0 Å². The summed E-state index contributed by atoms with van der Waals surface area (Å²) in [5, 5.41) is 14.7. The molecule has 1 aliphatic carbocycles. The second-order valence-corrected chi connectivity index (χ2v) is 6.72. The first-order valence-electron chi connectivity index (χ1n) is 9.08. The zero-order chi connectivity index (χ0) is 19.2. The molecule has 3 N–H and O–H groups in total. The van der Waals surface area contributed by atoms with Gasteiger partial charge in [-0.05, 0) is 61.4 Å². The Morgan fingerprint density at radius 3 is 1.85 bits per heavy atom. The van der Waals surface area contributed by atoms with Crippen molar-refractivity contribution in [1.29, 1.82) is 0 Å². The van der Waals surface area contributed by atoms with Crippen LogP contribution in [0.15, 0.2) is 48.5 Å². The van der Waals surface area contributed by atoms with Crippen molar-refractivity contribution in [3.8, 4) is 0 Å². The highest BCUT2D eigenvalue weighted by atomic mass is 16.4. The van der Waals surface area contributed by atoms with Crippen molar-refractivity contribution >= 4 is 23.5 Å². The molecule has 140 valence electrons. The molecule has 0 unspecified atom stereocenters. The van der Waals surface area contributed by atoms with Gasteiger partial charge in [0, 0.05) is 22.9 Å². The molecule has 2 aromatic carbocycles. The first kappa shape index (κ1) is 18.6. The molecule has 1 aliphatic rings. The van der Waals surface area contributed by atoms with Crippen LogP contribution >= 0.6 is 0 Å². The van der Waals surface area contributed by atoms with Crippen LogP contribution in [0.25, 0.3) is 0 Å². The lowest BCUT2D eigenvalue weighted by Gasteiger charge is -2.22. The third kappa shape index (κ3) is 4.94. The highest BCUT2D eigenvalue weighted by Gasteiger charge is 2.16. The van der Waals surface area contributed by atoms with E-state index in [-0.39, 0.29) is 23.4 Å². The van der Waals surface area contributed by atoms with Crippen LogP contribution in [-0.2, 0) is 0 Å². The summed E-state index contributed by atoms with van der Waals surface area (Å²) >= 11 is 0. The maximum Gasteiger partial charge on any atom is 0.335 e. The zero-order valence-corrected chi connectivity index (χ0v) is 14.9. The van der Waals surface area contributed by atoms with E-state index in [0.717, 1.165) is 25.7 Å². The van der Waals surface area contributed by atoms with Gasteiger partial charge in [-0.25, -0.2) is 4.79 Å². The van der Waals surface area contributed by atoms with Gasteiger partial charge in [0.2, 0.25) is 0 Å². The molecule has 0 bridgehead atoms. The number of benzene rings is 2. The van der Waals surface area contributed by atoms with Gasteiger partial charge in [0.25, 0.3) is 11.8 Å². The summed E-state index contributed by atoms with van der Waals surface area (Å²) in [6.45, 7) is 0. The average molecular weight is 366 g/mol. The van der Waals surface area contributed by atoms with Crippen molar-refractivity contribution in [2.24, 2.45) is 0 Å².